The summed E-state index contributed by atoms with van der Waals surface area (Å²) in [6, 6.07) is 5.01. The van der Waals surface area contributed by atoms with Gasteiger partial charge >= 0.3 is 6.61 Å². The van der Waals surface area contributed by atoms with Gasteiger partial charge in [-0.25, -0.2) is 0 Å². The predicted octanol–water partition coefficient (Wildman–Crippen LogP) is 2.53. The molecular formula is C17H22F2N4O3. The van der Waals surface area contributed by atoms with Gasteiger partial charge in [-0.1, -0.05) is 5.16 Å². The van der Waals surface area contributed by atoms with Crippen LogP contribution in [0.15, 0.2) is 22.7 Å². The molecule has 0 spiro atoms. The second kappa shape index (κ2) is 8.41. The Kier molecular flexibility index (Phi) is 6.00. The summed E-state index contributed by atoms with van der Waals surface area (Å²) in [5.74, 6) is 1.04. The number of rotatable bonds is 7. The lowest BCUT2D eigenvalue weighted by Gasteiger charge is -2.31. The van der Waals surface area contributed by atoms with E-state index in [0.717, 1.165) is 25.9 Å². The quantitative estimate of drug-likeness (QED) is 0.805. The van der Waals surface area contributed by atoms with Crippen LogP contribution in [0.5, 0.6) is 11.5 Å². The standard InChI is InChI=1S/C17H22F2N4O3/c1-20-12-4-3-7-23(9-12)10-15-21-16(22-26-15)11-5-6-13(25-17(18)19)14(8-11)24-2/h5-6,8,12,17,20H,3-4,7,9-10H2,1-2H3. The zero-order valence-electron chi connectivity index (χ0n) is 14.7. The minimum Gasteiger partial charge on any atom is -0.493 e. The molecule has 1 N–H and O–H groups in total. The zero-order chi connectivity index (χ0) is 18.5. The van der Waals surface area contributed by atoms with Crippen molar-refractivity contribution in [1.29, 1.82) is 0 Å². The Balaban J connectivity index is 1.71. The molecule has 0 saturated carbocycles. The molecule has 2 aromatic rings. The van der Waals surface area contributed by atoms with Crippen molar-refractivity contribution in [2.75, 3.05) is 27.2 Å². The van der Waals surface area contributed by atoms with E-state index in [-0.39, 0.29) is 11.5 Å². The smallest absolute Gasteiger partial charge is 0.387 e. The minimum atomic E-state index is -2.92. The Morgan fingerprint density at radius 2 is 2.23 bits per heavy atom. The summed E-state index contributed by atoms with van der Waals surface area (Å²) in [6.45, 7) is -0.419. The highest BCUT2D eigenvalue weighted by Gasteiger charge is 2.21. The van der Waals surface area contributed by atoms with Crippen molar-refractivity contribution in [3.8, 4) is 22.9 Å². The number of benzene rings is 1. The molecule has 1 saturated heterocycles. The summed E-state index contributed by atoms with van der Waals surface area (Å²) in [4.78, 5) is 6.67. The number of likely N-dealkylation sites (tertiary alicyclic amines) is 1. The first-order valence-corrected chi connectivity index (χ1v) is 8.44. The number of nitrogens with one attached hydrogen (secondary N) is 1. The van der Waals surface area contributed by atoms with Crippen LogP contribution in [0.25, 0.3) is 11.4 Å². The molecule has 0 aliphatic carbocycles. The number of hydrogen-bond donors (Lipinski definition) is 1. The summed E-state index contributed by atoms with van der Waals surface area (Å²) in [6.07, 6.45) is 2.28. The van der Waals surface area contributed by atoms with Crippen molar-refractivity contribution < 1.29 is 22.8 Å². The Bertz CT molecular complexity index is 726. The van der Waals surface area contributed by atoms with Gasteiger partial charge in [-0.2, -0.15) is 13.8 Å². The number of methoxy groups -OCH3 is 1. The predicted molar refractivity (Wildman–Crippen MR) is 90.3 cm³/mol. The van der Waals surface area contributed by atoms with Crippen LogP contribution in [0, 0.1) is 0 Å². The van der Waals surface area contributed by atoms with Gasteiger partial charge in [-0.15, -0.1) is 0 Å². The highest BCUT2D eigenvalue weighted by atomic mass is 19.3. The van der Waals surface area contributed by atoms with Crippen molar-refractivity contribution in [1.82, 2.24) is 20.4 Å². The molecule has 0 amide bonds. The van der Waals surface area contributed by atoms with Gasteiger partial charge < -0.3 is 19.3 Å². The average molecular weight is 368 g/mol. The first-order chi connectivity index (χ1) is 12.6. The third-order valence-corrected chi connectivity index (χ3v) is 4.38. The lowest BCUT2D eigenvalue weighted by atomic mass is 10.1. The molecular weight excluding hydrogens is 346 g/mol. The molecule has 9 heteroatoms. The number of ether oxygens (including phenoxy) is 2. The average Bonchev–Trinajstić information content (AvgIpc) is 3.10. The molecule has 142 valence electrons. The van der Waals surface area contributed by atoms with Crippen LogP contribution in [0.1, 0.15) is 18.7 Å². The topological polar surface area (TPSA) is 72.7 Å². The van der Waals surface area contributed by atoms with Crippen molar-refractivity contribution >= 4 is 0 Å². The second-order valence-corrected chi connectivity index (χ2v) is 6.12. The van der Waals surface area contributed by atoms with Crippen molar-refractivity contribution in [3.63, 3.8) is 0 Å². The molecule has 2 heterocycles. The summed E-state index contributed by atoms with van der Waals surface area (Å²) in [7, 11) is 3.35. The van der Waals surface area contributed by atoms with Gasteiger partial charge in [-0.05, 0) is 44.6 Å². The maximum atomic E-state index is 12.4. The van der Waals surface area contributed by atoms with Gasteiger partial charge in [0, 0.05) is 18.2 Å². The maximum Gasteiger partial charge on any atom is 0.387 e. The van der Waals surface area contributed by atoms with E-state index in [1.165, 1.54) is 13.2 Å². The first kappa shape index (κ1) is 18.5. The minimum absolute atomic E-state index is 0.0404. The van der Waals surface area contributed by atoms with E-state index >= 15 is 0 Å². The normalized spacial score (nSPS) is 18.3. The monoisotopic (exact) mass is 368 g/mol. The highest BCUT2D eigenvalue weighted by Crippen LogP contribution is 2.32. The third kappa shape index (κ3) is 4.47. The van der Waals surface area contributed by atoms with Crippen LogP contribution < -0.4 is 14.8 Å². The lowest BCUT2D eigenvalue weighted by molar-refractivity contribution is -0.0512. The number of nitrogens with zero attached hydrogens (tertiary/aromatic N) is 3. The van der Waals surface area contributed by atoms with Crippen molar-refractivity contribution in [2.45, 2.75) is 32.0 Å². The van der Waals surface area contributed by atoms with Gasteiger partial charge in [-0.3, -0.25) is 4.90 Å². The van der Waals surface area contributed by atoms with Gasteiger partial charge in [0.2, 0.25) is 11.7 Å². The van der Waals surface area contributed by atoms with E-state index in [9.17, 15) is 8.78 Å². The van der Waals surface area contributed by atoms with Crippen LogP contribution in [-0.2, 0) is 6.54 Å². The Morgan fingerprint density at radius 1 is 1.38 bits per heavy atom. The Hall–Kier alpha value is -2.26. The number of halogens is 2. The first-order valence-electron chi connectivity index (χ1n) is 8.44. The van der Waals surface area contributed by atoms with E-state index in [2.05, 4.69) is 25.1 Å². The molecule has 3 rings (SSSR count). The number of alkyl halides is 2. The fraction of sp³-hybridized carbons (Fsp3) is 0.529. The van der Waals surface area contributed by atoms with Crippen LogP contribution in [-0.4, -0.2) is 54.9 Å². The molecule has 1 atom stereocenters. The van der Waals surface area contributed by atoms with Gasteiger partial charge in [0.15, 0.2) is 11.5 Å². The fourth-order valence-electron chi connectivity index (χ4n) is 3.06. The molecule has 1 aromatic carbocycles. The molecule has 1 fully saturated rings. The molecule has 26 heavy (non-hydrogen) atoms. The van der Waals surface area contributed by atoms with Crippen LogP contribution >= 0.6 is 0 Å². The third-order valence-electron chi connectivity index (χ3n) is 4.38. The molecule has 7 nitrogen and oxygen atoms in total. The van der Waals surface area contributed by atoms with Crippen LogP contribution in [0.3, 0.4) is 0 Å². The fourth-order valence-corrected chi connectivity index (χ4v) is 3.06. The van der Waals surface area contributed by atoms with E-state index in [4.69, 9.17) is 9.26 Å². The van der Waals surface area contributed by atoms with Gasteiger partial charge in [0.1, 0.15) is 0 Å². The van der Waals surface area contributed by atoms with E-state index in [1.54, 1.807) is 12.1 Å². The van der Waals surface area contributed by atoms with Crippen molar-refractivity contribution in [3.05, 3.63) is 24.1 Å². The summed E-state index contributed by atoms with van der Waals surface area (Å²) in [5, 5.41) is 7.28. The van der Waals surface area contributed by atoms with E-state index < -0.39 is 6.61 Å². The zero-order valence-corrected chi connectivity index (χ0v) is 14.7. The lowest BCUT2D eigenvalue weighted by Crippen LogP contribution is -2.43. The second-order valence-electron chi connectivity index (χ2n) is 6.12. The molecule has 1 aromatic heterocycles. The van der Waals surface area contributed by atoms with Crippen LogP contribution in [0.4, 0.5) is 8.78 Å². The molecule has 1 aliphatic heterocycles. The summed E-state index contributed by atoms with van der Waals surface area (Å²) < 4.78 is 39.7. The Morgan fingerprint density at radius 3 is 2.96 bits per heavy atom. The highest BCUT2D eigenvalue weighted by molar-refractivity contribution is 5.60. The number of piperidine rings is 1. The van der Waals surface area contributed by atoms with E-state index in [0.29, 0.717) is 29.9 Å². The SMILES string of the molecule is CNC1CCCN(Cc2nc(-c3ccc(OC(F)F)c(OC)c3)no2)C1. The van der Waals surface area contributed by atoms with Gasteiger partial charge in [0.05, 0.1) is 13.7 Å². The number of aromatic nitrogens is 2. The number of hydrogen-bond acceptors (Lipinski definition) is 7. The molecule has 1 unspecified atom stereocenters. The maximum absolute atomic E-state index is 12.4. The number of likely N-dealkylation sites (N-methyl/N-ethyl adjacent to an activating group) is 1. The summed E-state index contributed by atoms with van der Waals surface area (Å²) >= 11 is 0. The van der Waals surface area contributed by atoms with Crippen molar-refractivity contribution in [2.24, 2.45) is 0 Å². The summed E-state index contributed by atoms with van der Waals surface area (Å²) in [5.41, 5.74) is 0.602. The van der Waals surface area contributed by atoms with Crippen LogP contribution in [0.2, 0.25) is 0 Å². The Labute approximate surface area is 150 Å². The van der Waals surface area contributed by atoms with E-state index in [1.807, 2.05) is 7.05 Å². The molecule has 0 radical (unpaired) electrons. The largest absolute Gasteiger partial charge is 0.493 e. The molecule has 1 aliphatic rings. The van der Waals surface area contributed by atoms with Gasteiger partial charge in [0.25, 0.3) is 0 Å². The molecule has 0 bridgehead atoms.